The molecule has 0 aliphatic rings. The largest absolute Gasteiger partial charge is 0.379 e. The van der Waals surface area contributed by atoms with E-state index < -0.39 is 6.04 Å². The minimum atomic E-state index is -0.584. The van der Waals surface area contributed by atoms with Gasteiger partial charge in [-0.15, -0.1) is 0 Å². The summed E-state index contributed by atoms with van der Waals surface area (Å²) in [6, 6.07) is -0.584. The van der Waals surface area contributed by atoms with Crippen LogP contribution in [0, 0.1) is 0 Å². The summed E-state index contributed by atoms with van der Waals surface area (Å²) in [6.45, 7) is 7.35. The number of hydrogen-bond donors (Lipinski definition) is 4. The lowest BCUT2D eigenvalue weighted by molar-refractivity contribution is -0.123. The molecule has 0 radical (unpaired) electrons. The molecule has 0 aliphatic heterocycles. The fraction of sp³-hybridized carbons (Fsp3) is 0.939. The lowest BCUT2D eigenvalue weighted by Crippen LogP contribution is -2.45. The Hall–Kier alpha value is -1.38. The maximum absolute atomic E-state index is 12.5. The monoisotopic (exact) mass is 584 g/mol. The second-order valence-corrected chi connectivity index (χ2v) is 11.7. The van der Waals surface area contributed by atoms with E-state index in [2.05, 4.69) is 24.2 Å². The molecule has 0 aromatic carbocycles. The molecule has 7 N–H and O–H groups in total. The molecular formula is C33H69N5O3. The maximum atomic E-state index is 12.5. The zero-order chi connectivity index (χ0) is 30.2. The molecule has 2 atom stereocenters. The van der Waals surface area contributed by atoms with Crippen molar-refractivity contribution in [2.45, 2.75) is 167 Å². The number of aliphatic imine (C=N–C) groups is 1. The number of carbonyl (C=O) groups excluding carboxylic acids is 1. The van der Waals surface area contributed by atoms with Gasteiger partial charge in [0.25, 0.3) is 0 Å². The molecule has 0 saturated heterocycles. The molecule has 0 aromatic heterocycles. The first-order valence-electron chi connectivity index (χ1n) is 17.3. The van der Waals surface area contributed by atoms with Crippen LogP contribution in [0.5, 0.6) is 0 Å². The van der Waals surface area contributed by atoms with Gasteiger partial charge in [-0.05, 0) is 25.7 Å². The molecule has 0 fully saturated rings. The highest BCUT2D eigenvalue weighted by atomic mass is 16.5. The fourth-order valence-corrected chi connectivity index (χ4v) is 4.91. The van der Waals surface area contributed by atoms with Crippen LogP contribution in [0.25, 0.3) is 0 Å². The van der Waals surface area contributed by atoms with Gasteiger partial charge in [0.1, 0.15) is 0 Å². The smallest absolute Gasteiger partial charge is 0.237 e. The normalized spacial score (nSPS) is 12.8. The Balaban J connectivity index is 4.17. The SMILES string of the molecule is CCCCCCCCCCCCOCC(CNC(=O)[C@@H](N)CCCN=C(N)N)OCCCCCCCCCCCC. The highest BCUT2D eigenvalue weighted by molar-refractivity contribution is 5.81. The van der Waals surface area contributed by atoms with Crippen LogP contribution in [0.4, 0.5) is 0 Å². The van der Waals surface area contributed by atoms with Gasteiger partial charge in [0.2, 0.25) is 5.91 Å². The second kappa shape index (κ2) is 31.6. The molecule has 41 heavy (non-hydrogen) atoms. The van der Waals surface area contributed by atoms with Crippen LogP contribution in [0.2, 0.25) is 0 Å². The van der Waals surface area contributed by atoms with Crippen LogP contribution < -0.4 is 22.5 Å². The van der Waals surface area contributed by atoms with Gasteiger partial charge in [-0.1, -0.05) is 129 Å². The summed E-state index contributed by atoms with van der Waals surface area (Å²) in [5.41, 5.74) is 16.8. The van der Waals surface area contributed by atoms with Gasteiger partial charge in [-0.3, -0.25) is 9.79 Å². The van der Waals surface area contributed by atoms with Gasteiger partial charge in [-0.25, -0.2) is 0 Å². The summed E-state index contributed by atoms with van der Waals surface area (Å²) in [6.07, 6.45) is 27.1. The molecule has 8 nitrogen and oxygen atoms in total. The fourth-order valence-electron chi connectivity index (χ4n) is 4.91. The zero-order valence-corrected chi connectivity index (χ0v) is 27.2. The standard InChI is InChI=1S/C33H69N5O3/c1-3-5-7-9-11-13-15-17-19-21-26-40-29-30(28-38-32(39)31(34)24-23-25-37-33(35)36)41-27-22-20-18-16-14-12-10-8-6-4-2/h30-31H,3-29,34H2,1-2H3,(H,38,39)(H4,35,36,37)/t30?,31-/m0/s1. The summed E-state index contributed by atoms with van der Waals surface area (Å²) in [7, 11) is 0. The van der Waals surface area contributed by atoms with Crippen molar-refractivity contribution in [3.05, 3.63) is 0 Å². The molecule has 244 valence electrons. The summed E-state index contributed by atoms with van der Waals surface area (Å²) >= 11 is 0. The Morgan fingerprint density at radius 2 is 1.15 bits per heavy atom. The van der Waals surface area contributed by atoms with Crippen LogP contribution in [-0.2, 0) is 14.3 Å². The Bertz CT molecular complexity index is 587. The van der Waals surface area contributed by atoms with Gasteiger partial charge in [0.05, 0.1) is 18.8 Å². The van der Waals surface area contributed by atoms with Crippen LogP contribution in [0.3, 0.4) is 0 Å². The number of unbranched alkanes of at least 4 members (excludes halogenated alkanes) is 18. The van der Waals surface area contributed by atoms with Gasteiger partial charge in [-0.2, -0.15) is 0 Å². The highest BCUT2D eigenvalue weighted by Gasteiger charge is 2.16. The van der Waals surface area contributed by atoms with E-state index in [1.165, 1.54) is 116 Å². The van der Waals surface area contributed by atoms with Crippen molar-refractivity contribution in [1.82, 2.24) is 5.32 Å². The lowest BCUT2D eigenvalue weighted by Gasteiger charge is -2.20. The quantitative estimate of drug-likeness (QED) is 0.0394. The predicted molar refractivity (Wildman–Crippen MR) is 175 cm³/mol. The topological polar surface area (TPSA) is 138 Å². The first kappa shape index (κ1) is 39.6. The third kappa shape index (κ3) is 29.9. The number of hydrogen-bond acceptors (Lipinski definition) is 5. The number of guanidine groups is 1. The minimum Gasteiger partial charge on any atom is -0.379 e. The summed E-state index contributed by atoms with van der Waals surface area (Å²) in [4.78, 5) is 16.4. The van der Waals surface area contributed by atoms with Crippen molar-refractivity contribution in [2.75, 3.05) is 32.9 Å². The average Bonchev–Trinajstić information content (AvgIpc) is 2.96. The van der Waals surface area contributed by atoms with E-state index in [0.29, 0.717) is 39.1 Å². The Labute approximate surface area is 253 Å². The van der Waals surface area contributed by atoms with Crippen molar-refractivity contribution >= 4 is 11.9 Å². The number of nitrogens with two attached hydrogens (primary N) is 3. The van der Waals surface area contributed by atoms with Crippen LogP contribution >= 0.6 is 0 Å². The summed E-state index contributed by atoms with van der Waals surface area (Å²) in [5.74, 6) is -0.111. The summed E-state index contributed by atoms with van der Waals surface area (Å²) in [5, 5.41) is 2.96. The third-order valence-electron chi connectivity index (χ3n) is 7.61. The first-order chi connectivity index (χ1) is 20.0. The van der Waals surface area contributed by atoms with E-state index in [0.717, 1.165) is 19.4 Å². The first-order valence-corrected chi connectivity index (χ1v) is 17.3. The van der Waals surface area contributed by atoms with Crippen molar-refractivity contribution < 1.29 is 14.3 Å². The van der Waals surface area contributed by atoms with Gasteiger partial charge in [0.15, 0.2) is 5.96 Å². The molecule has 1 amide bonds. The van der Waals surface area contributed by atoms with Crippen molar-refractivity contribution in [1.29, 1.82) is 0 Å². The molecule has 0 aromatic rings. The molecule has 0 rings (SSSR count). The Morgan fingerprint density at radius 1 is 0.683 bits per heavy atom. The van der Waals surface area contributed by atoms with Crippen molar-refractivity contribution in [2.24, 2.45) is 22.2 Å². The number of nitrogens with one attached hydrogen (secondary N) is 1. The molecule has 0 spiro atoms. The van der Waals surface area contributed by atoms with Crippen molar-refractivity contribution in [3.8, 4) is 0 Å². The maximum Gasteiger partial charge on any atom is 0.237 e. The molecule has 1 unspecified atom stereocenters. The van der Waals surface area contributed by atoms with E-state index in [1.807, 2.05) is 0 Å². The highest BCUT2D eigenvalue weighted by Crippen LogP contribution is 2.12. The molecule has 0 heterocycles. The van der Waals surface area contributed by atoms with E-state index in [9.17, 15) is 4.79 Å². The van der Waals surface area contributed by atoms with Crippen molar-refractivity contribution in [3.63, 3.8) is 0 Å². The molecule has 0 aliphatic carbocycles. The van der Waals surface area contributed by atoms with E-state index in [4.69, 9.17) is 26.7 Å². The number of ether oxygens (including phenoxy) is 2. The number of rotatable bonds is 32. The predicted octanol–water partition coefficient (Wildman–Crippen LogP) is 6.73. The van der Waals surface area contributed by atoms with E-state index in [1.54, 1.807) is 0 Å². The molecule has 0 bridgehead atoms. The zero-order valence-electron chi connectivity index (χ0n) is 27.2. The number of carbonyl (C=O) groups is 1. The van der Waals surface area contributed by atoms with E-state index >= 15 is 0 Å². The number of amides is 1. The van der Waals surface area contributed by atoms with Gasteiger partial charge in [0, 0.05) is 26.3 Å². The summed E-state index contributed by atoms with van der Waals surface area (Å²) < 4.78 is 12.1. The minimum absolute atomic E-state index is 0.0585. The lowest BCUT2D eigenvalue weighted by atomic mass is 10.1. The van der Waals surface area contributed by atoms with Crippen LogP contribution in [-0.4, -0.2) is 56.9 Å². The third-order valence-corrected chi connectivity index (χ3v) is 7.61. The second-order valence-electron chi connectivity index (χ2n) is 11.7. The Kier molecular flexibility index (Phi) is 30.5. The molecular weight excluding hydrogens is 514 g/mol. The molecule has 0 saturated carbocycles. The van der Waals surface area contributed by atoms with E-state index in [-0.39, 0.29) is 18.0 Å². The Morgan fingerprint density at radius 3 is 1.63 bits per heavy atom. The molecule has 8 heteroatoms. The van der Waals surface area contributed by atoms with Crippen LogP contribution in [0.1, 0.15) is 155 Å². The number of nitrogens with zero attached hydrogens (tertiary/aromatic N) is 1. The van der Waals surface area contributed by atoms with Gasteiger partial charge >= 0.3 is 0 Å². The van der Waals surface area contributed by atoms with Crippen LogP contribution in [0.15, 0.2) is 4.99 Å². The average molecular weight is 584 g/mol. The van der Waals surface area contributed by atoms with Gasteiger partial charge < -0.3 is 32.0 Å².